The number of hydrogen-bond acceptors (Lipinski definition) is 5. The molecular weight excluding hydrogens is 472 g/mol. The SMILES string of the molecule is CN[C@@H]1C[C@@]23Oc4c(c(Br)cc5c4[C@@H](OC)NC5=O)C[C@]2(C)[C@@H](C)CC[C@H]3C(C)(C)C1=O. The fourth-order valence-corrected chi connectivity index (χ4v) is 7.86. The highest BCUT2D eigenvalue weighted by Crippen LogP contribution is 2.66. The van der Waals surface area contributed by atoms with Crippen LogP contribution in [0.5, 0.6) is 5.75 Å². The lowest BCUT2D eigenvalue weighted by Gasteiger charge is -2.66. The molecule has 2 heterocycles. The number of amides is 1. The molecule has 1 amide bonds. The highest BCUT2D eigenvalue weighted by atomic mass is 79.9. The summed E-state index contributed by atoms with van der Waals surface area (Å²) in [6.45, 7) is 8.86. The number of halogens is 1. The van der Waals surface area contributed by atoms with Gasteiger partial charge in [0.05, 0.1) is 17.2 Å². The van der Waals surface area contributed by atoms with Crippen molar-refractivity contribution in [1.29, 1.82) is 0 Å². The molecule has 2 aliphatic heterocycles. The fourth-order valence-electron chi connectivity index (χ4n) is 7.32. The van der Waals surface area contributed by atoms with E-state index in [4.69, 9.17) is 9.47 Å². The maximum Gasteiger partial charge on any atom is 0.254 e. The van der Waals surface area contributed by atoms with Crippen LogP contribution in [0.3, 0.4) is 0 Å². The van der Waals surface area contributed by atoms with Crippen molar-refractivity contribution in [2.75, 3.05) is 14.2 Å². The van der Waals surface area contributed by atoms with Crippen LogP contribution in [0, 0.1) is 22.7 Å². The molecule has 2 aliphatic carbocycles. The zero-order valence-corrected chi connectivity index (χ0v) is 21.3. The number of Topliss-reactive ketones (excluding diaryl/α,β-unsaturated/α-hetero) is 1. The van der Waals surface area contributed by atoms with Crippen molar-refractivity contribution >= 4 is 27.6 Å². The van der Waals surface area contributed by atoms with E-state index in [-0.39, 0.29) is 29.1 Å². The van der Waals surface area contributed by atoms with Crippen molar-refractivity contribution in [3.63, 3.8) is 0 Å². The van der Waals surface area contributed by atoms with E-state index in [9.17, 15) is 9.59 Å². The minimum absolute atomic E-state index is 0.0992. The molecule has 1 aromatic carbocycles. The summed E-state index contributed by atoms with van der Waals surface area (Å²) in [6, 6.07) is 1.65. The number of carbonyl (C=O) groups excluding carboxylic acids is 2. The highest BCUT2D eigenvalue weighted by Gasteiger charge is 2.69. The van der Waals surface area contributed by atoms with E-state index in [2.05, 4.69) is 54.3 Å². The van der Waals surface area contributed by atoms with Crippen molar-refractivity contribution in [3.05, 3.63) is 27.2 Å². The second-order valence-corrected chi connectivity index (χ2v) is 11.8. The van der Waals surface area contributed by atoms with E-state index in [1.54, 1.807) is 7.11 Å². The molecule has 2 N–H and O–H groups in total. The number of hydrogen-bond donors (Lipinski definition) is 2. The number of carbonyl (C=O) groups is 2. The Balaban J connectivity index is 1.77. The van der Waals surface area contributed by atoms with Crippen LogP contribution in [0.4, 0.5) is 0 Å². The normalized spacial score (nSPS) is 39.3. The van der Waals surface area contributed by atoms with Gasteiger partial charge in [0.2, 0.25) is 0 Å². The molecular formula is C25H33BrN2O4. The van der Waals surface area contributed by atoms with Gasteiger partial charge in [-0.15, -0.1) is 0 Å². The van der Waals surface area contributed by atoms with Gasteiger partial charge < -0.3 is 20.1 Å². The largest absolute Gasteiger partial charge is 0.485 e. The summed E-state index contributed by atoms with van der Waals surface area (Å²) < 4.78 is 13.8. The highest BCUT2D eigenvalue weighted by molar-refractivity contribution is 9.10. The summed E-state index contributed by atoms with van der Waals surface area (Å²) in [7, 11) is 3.47. The lowest BCUT2D eigenvalue weighted by Crippen LogP contribution is -2.73. The van der Waals surface area contributed by atoms with Gasteiger partial charge in [-0.1, -0.05) is 43.6 Å². The predicted molar refractivity (Wildman–Crippen MR) is 125 cm³/mol. The van der Waals surface area contributed by atoms with Crippen LogP contribution < -0.4 is 15.4 Å². The molecule has 6 atom stereocenters. The summed E-state index contributed by atoms with van der Waals surface area (Å²) in [5.41, 5.74) is 1.32. The van der Waals surface area contributed by atoms with E-state index in [1.807, 2.05) is 13.1 Å². The van der Waals surface area contributed by atoms with Gasteiger partial charge in [0.15, 0.2) is 12.0 Å². The maximum absolute atomic E-state index is 13.4. The van der Waals surface area contributed by atoms with Gasteiger partial charge in [-0.25, -0.2) is 0 Å². The number of methoxy groups -OCH3 is 1. The third kappa shape index (κ3) is 2.59. The molecule has 2 saturated carbocycles. The van der Waals surface area contributed by atoms with E-state index in [0.29, 0.717) is 17.9 Å². The molecule has 4 aliphatic rings. The summed E-state index contributed by atoms with van der Waals surface area (Å²) >= 11 is 3.74. The van der Waals surface area contributed by atoms with Gasteiger partial charge in [0.1, 0.15) is 11.4 Å². The first kappa shape index (κ1) is 22.4. The predicted octanol–water partition coefficient (Wildman–Crippen LogP) is 4.15. The first-order valence-corrected chi connectivity index (χ1v) is 12.4. The van der Waals surface area contributed by atoms with Gasteiger partial charge in [-0.2, -0.15) is 0 Å². The average molecular weight is 505 g/mol. The Kier molecular flexibility index (Phi) is 4.91. The molecule has 7 heteroatoms. The van der Waals surface area contributed by atoms with Crippen molar-refractivity contribution < 1.29 is 19.1 Å². The molecule has 1 aromatic rings. The van der Waals surface area contributed by atoms with Gasteiger partial charge in [0, 0.05) is 40.3 Å². The Hall–Kier alpha value is -1.44. The smallest absolute Gasteiger partial charge is 0.254 e. The number of fused-ring (bicyclic) bond motifs is 3. The van der Waals surface area contributed by atoms with Gasteiger partial charge >= 0.3 is 0 Å². The monoisotopic (exact) mass is 504 g/mol. The molecule has 0 unspecified atom stereocenters. The minimum Gasteiger partial charge on any atom is -0.485 e. The van der Waals surface area contributed by atoms with Crippen molar-refractivity contribution in [2.24, 2.45) is 22.7 Å². The Morgan fingerprint density at radius 2 is 1.97 bits per heavy atom. The molecule has 0 bridgehead atoms. The number of ketones is 1. The summed E-state index contributed by atoms with van der Waals surface area (Å²) in [4.78, 5) is 26.1. The van der Waals surface area contributed by atoms with Crippen LogP contribution in [0.25, 0.3) is 0 Å². The van der Waals surface area contributed by atoms with Crippen molar-refractivity contribution in [3.8, 4) is 5.75 Å². The van der Waals surface area contributed by atoms with E-state index >= 15 is 0 Å². The molecule has 174 valence electrons. The molecule has 0 saturated heterocycles. The van der Waals surface area contributed by atoms with Crippen LogP contribution >= 0.6 is 15.9 Å². The summed E-state index contributed by atoms with van der Waals surface area (Å²) in [6.07, 6.45) is 2.97. The second kappa shape index (κ2) is 7.03. The van der Waals surface area contributed by atoms with Gasteiger partial charge in [-0.3, -0.25) is 9.59 Å². The van der Waals surface area contributed by atoms with Crippen molar-refractivity contribution in [1.82, 2.24) is 10.6 Å². The first-order valence-electron chi connectivity index (χ1n) is 11.6. The zero-order valence-electron chi connectivity index (χ0n) is 19.7. The molecule has 5 rings (SSSR count). The number of benzene rings is 1. The Morgan fingerprint density at radius 3 is 2.62 bits per heavy atom. The Morgan fingerprint density at radius 1 is 1.25 bits per heavy atom. The molecule has 2 fully saturated rings. The van der Waals surface area contributed by atoms with Crippen LogP contribution in [0.15, 0.2) is 10.5 Å². The lowest BCUT2D eigenvalue weighted by molar-refractivity contribution is -0.213. The average Bonchev–Trinajstić information content (AvgIpc) is 3.06. The van der Waals surface area contributed by atoms with Crippen LogP contribution in [0.2, 0.25) is 0 Å². The van der Waals surface area contributed by atoms with Crippen LogP contribution in [0.1, 0.15) is 74.7 Å². The minimum atomic E-state index is -0.530. The summed E-state index contributed by atoms with van der Waals surface area (Å²) in [5.74, 6) is 1.42. The quantitative estimate of drug-likeness (QED) is 0.632. The summed E-state index contributed by atoms with van der Waals surface area (Å²) in [5, 5.41) is 6.21. The zero-order chi connectivity index (χ0) is 23.2. The standard InChI is InChI=1S/C25H33BrN2O4/c1-12-7-8-17-23(2,3)20(29)16(27-5)11-25(17)24(12,4)10-14-15(26)9-13-18(19(14)32-25)22(31-6)28-21(13)30/h9,12,16-17,22,27H,7-8,10-11H2,1-6H3,(H,28,30)/t12-,16+,17-,22+,24+,25-/m0/s1. The lowest BCUT2D eigenvalue weighted by atomic mass is 9.43. The molecule has 1 spiro atoms. The number of nitrogens with one attached hydrogen (secondary N) is 2. The van der Waals surface area contributed by atoms with Crippen molar-refractivity contribution in [2.45, 2.75) is 71.2 Å². The number of rotatable bonds is 2. The Bertz CT molecular complexity index is 1020. The number of ether oxygens (including phenoxy) is 2. The van der Waals surface area contributed by atoms with E-state index < -0.39 is 17.2 Å². The molecule has 0 radical (unpaired) electrons. The topological polar surface area (TPSA) is 76.7 Å². The van der Waals surface area contributed by atoms with Crippen LogP contribution in [-0.4, -0.2) is 37.5 Å². The van der Waals surface area contributed by atoms with E-state index in [0.717, 1.165) is 40.6 Å². The number of likely N-dealkylation sites (N-methyl/N-ethyl adjacent to an activating group) is 1. The first-order chi connectivity index (χ1) is 15.0. The molecule has 0 aromatic heterocycles. The Labute approximate surface area is 198 Å². The molecule has 32 heavy (non-hydrogen) atoms. The second-order valence-electron chi connectivity index (χ2n) is 11.0. The van der Waals surface area contributed by atoms with E-state index in [1.165, 1.54) is 0 Å². The van der Waals surface area contributed by atoms with Crippen LogP contribution in [-0.2, 0) is 16.0 Å². The molecule has 6 nitrogen and oxygen atoms in total. The van der Waals surface area contributed by atoms with Gasteiger partial charge in [0.25, 0.3) is 5.91 Å². The third-order valence-corrected chi connectivity index (χ3v) is 10.1. The fraction of sp³-hybridized carbons (Fsp3) is 0.680. The maximum atomic E-state index is 13.4. The third-order valence-electron chi connectivity index (χ3n) is 9.39. The van der Waals surface area contributed by atoms with Gasteiger partial charge in [-0.05, 0) is 38.3 Å².